The second-order valence-electron chi connectivity index (χ2n) is 12.5. The van der Waals surface area contributed by atoms with Gasteiger partial charge in [-0.15, -0.1) is 0 Å². The molecule has 0 atom stereocenters. The first-order valence-corrected chi connectivity index (χ1v) is 17.2. The van der Waals surface area contributed by atoms with Gasteiger partial charge in [0.1, 0.15) is 11.5 Å². The van der Waals surface area contributed by atoms with Crippen molar-refractivity contribution in [2.24, 2.45) is 0 Å². The van der Waals surface area contributed by atoms with Crippen molar-refractivity contribution in [3.63, 3.8) is 0 Å². The number of hydrogen-bond donors (Lipinski definition) is 0. The Hall–Kier alpha value is -6.84. The van der Waals surface area contributed by atoms with E-state index in [1.54, 1.807) is 0 Å². The van der Waals surface area contributed by atoms with Crippen LogP contribution in [0, 0.1) is 0 Å². The summed E-state index contributed by atoms with van der Waals surface area (Å²) in [6.07, 6.45) is 0. The van der Waals surface area contributed by atoms with Crippen molar-refractivity contribution in [1.29, 1.82) is 0 Å². The van der Waals surface area contributed by atoms with Gasteiger partial charge < -0.3 is 4.42 Å². The quantitative estimate of drug-likeness (QED) is 0.172. The summed E-state index contributed by atoms with van der Waals surface area (Å²) in [6.45, 7) is 0. The molecule has 0 aliphatic carbocycles. The topological polar surface area (TPSA) is 38.9 Å². The third kappa shape index (κ3) is 5.71. The molecule has 0 aliphatic rings. The van der Waals surface area contributed by atoms with Gasteiger partial charge in [0.2, 0.25) is 0 Å². The van der Waals surface area contributed by atoms with Crippen molar-refractivity contribution < 1.29 is 4.42 Å². The average Bonchev–Trinajstić information content (AvgIpc) is 3.61. The molecule has 0 unspecified atom stereocenters. The third-order valence-corrected chi connectivity index (χ3v) is 9.36. The Morgan fingerprint density at radius 1 is 0.314 bits per heavy atom. The fourth-order valence-electron chi connectivity index (χ4n) is 6.95. The molecule has 0 spiro atoms. The van der Waals surface area contributed by atoms with E-state index in [1.165, 1.54) is 0 Å². The minimum atomic E-state index is 0.634. The molecule has 9 aromatic rings. The van der Waals surface area contributed by atoms with E-state index in [-0.39, 0.29) is 0 Å². The maximum absolute atomic E-state index is 7.20. The molecular weight excluding hydrogens is 621 g/mol. The molecule has 0 saturated carbocycles. The van der Waals surface area contributed by atoms with Crippen LogP contribution in [0.15, 0.2) is 199 Å². The van der Waals surface area contributed by atoms with Gasteiger partial charge in [0.25, 0.3) is 0 Å². The van der Waals surface area contributed by atoms with Crippen LogP contribution in [0.2, 0.25) is 0 Å². The van der Waals surface area contributed by atoms with Crippen molar-refractivity contribution in [1.82, 2.24) is 9.97 Å². The molecule has 7 aromatic carbocycles. The largest absolute Gasteiger partial charge is 0.455 e. The van der Waals surface area contributed by atoms with Crippen LogP contribution in [0.25, 0.3) is 89.6 Å². The van der Waals surface area contributed by atoms with Gasteiger partial charge in [0, 0.05) is 38.6 Å². The van der Waals surface area contributed by atoms with Gasteiger partial charge in [-0.3, -0.25) is 0 Å². The Morgan fingerprint density at radius 2 is 0.725 bits per heavy atom. The molecule has 9 rings (SSSR count). The first-order chi connectivity index (χ1) is 25.3. The van der Waals surface area contributed by atoms with Gasteiger partial charge in [0.05, 0.1) is 11.4 Å². The molecule has 0 radical (unpaired) electrons. The molecule has 2 aromatic heterocycles. The van der Waals surface area contributed by atoms with E-state index in [4.69, 9.17) is 14.4 Å². The van der Waals surface area contributed by atoms with Crippen molar-refractivity contribution in [3.05, 3.63) is 194 Å². The Morgan fingerprint density at radius 3 is 1.29 bits per heavy atom. The third-order valence-electron chi connectivity index (χ3n) is 9.36. The summed E-state index contributed by atoms with van der Waals surface area (Å²) in [5, 5.41) is 2.08. The lowest BCUT2D eigenvalue weighted by atomic mass is 9.91. The van der Waals surface area contributed by atoms with Crippen molar-refractivity contribution in [3.8, 4) is 78.8 Å². The summed E-state index contributed by atoms with van der Waals surface area (Å²) in [5.41, 5.74) is 11.1. The number of nitrogens with zero attached hydrogens (tertiary/aromatic N) is 2. The molecule has 0 N–H and O–H groups in total. The first-order valence-electron chi connectivity index (χ1n) is 17.2. The Labute approximate surface area is 297 Å². The van der Waals surface area contributed by atoms with Crippen molar-refractivity contribution >= 4 is 10.8 Å². The van der Waals surface area contributed by atoms with Gasteiger partial charge in [-0.25, -0.2) is 9.97 Å². The molecule has 0 bridgehead atoms. The van der Waals surface area contributed by atoms with Crippen LogP contribution in [0.5, 0.6) is 0 Å². The highest BCUT2D eigenvalue weighted by atomic mass is 16.3. The van der Waals surface area contributed by atoms with Crippen LogP contribution in [-0.4, -0.2) is 9.97 Å². The SMILES string of the molecule is c1ccc(-c2cc(-c3ccccc3)nc(-c3cccc(-c4ccccc4)c3-c3oc(-c4ccccc4-c4ccccc4)c4ccccc34)n2)cc1. The fourth-order valence-corrected chi connectivity index (χ4v) is 6.95. The van der Waals surface area contributed by atoms with Crippen LogP contribution in [0.1, 0.15) is 0 Å². The number of benzene rings is 7. The van der Waals surface area contributed by atoms with Crippen LogP contribution in [0.3, 0.4) is 0 Å². The standard InChI is InChI=1S/C48H32N2O/c1-5-18-33(19-6-1)37-26-13-14-27-39(37)46-40-28-15-16-29-41(40)47(51-46)45-38(34-20-7-2-8-21-34)30-17-31-42(45)48-49-43(35-22-9-3-10-23-35)32-44(50-48)36-24-11-4-12-25-36/h1-32H. The van der Waals surface area contributed by atoms with Gasteiger partial charge in [-0.2, -0.15) is 0 Å². The highest BCUT2D eigenvalue weighted by Gasteiger charge is 2.25. The van der Waals surface area contributed by atoms with E-state index < -0.39 is 0 Å². The summed E-state index contributed by atoms with van der Waals surface area (Å²) < 4.78 is 7.20. The zero-order valence-electron chi connectivity index (χ0n) is 27.8. The lowest BCUT2D eigenvalue weighted by Gasteiger charge is -2.16. The number of rotatable bonds is 7. The smallest absolute Gasteiger partial charge is 0.161 e. The minimum Gasteiger partial charge on any atom is -0.455 e. The lowest BCUT2D eigenvalue weighted by molar-refractivity contribution is 0.602. The summed E-state index contributed by atoms with van der Waals surface area (Å²) in [7, 11) is 0. The zero-order chi connectivity index (χ0) is 34.0. The van der Waals surface area contributed by atoms with E-state index in [9.17, 15) is 0 Å². The van der Waals surface area contributed by atoms with E-state index >= 15 is 0 Å². The maximum Gasteiger partial charge on any atom is 0.161 e. The maximum atomic E-state index is 7.20. The number of fused-ring (bicyclic) bond motifs is 1. The average molecular weight is 653 g/mol. The summed E-state index contributed by atoms with van der Waals surface area (Å²) >= 11 is 0. The van der Waals surface area contributed by atoms with Crippen molar-refractivity contribution in [2.45, 2.75) is 0 Å². The highest BCUT2D eigenvalue weighted by molar-refractivity contribution is 6.08. The van der Waals surface area contributed by atoms with Crippen LogP contribution >= 0.6 is 0 Å². The van der Waals surface area contributed by atoms with Gasteiger partial charge in [0.15, 0.2) is 5.82 Å². The molecule has 3 nitrogen and oxygen atoms in total. The molecule has 0 fully saturated rings. The molecule has 3 heteroatoms. The predicted molar refractivity (Wildman–Crippen MR) is 210 cm³/mol. The van der Waals surface area contributed by atoms with E-state index in [2.05, 4.69) is 146 Å². The van der Waals surface area contributed by atoms with Gasteiger partial charge >= 0.3 is 0 Å². The molecule has 0 saturated heterocycles. The van der Waals surface area contributed by atoms with E-state index in [1.807, 2.05) is 48.5 Å². The van der Waals surface area contributed by atoms with Crippen LogP contribution < -0.4 is 0 Å². The minimum absolute atomic E-state index is 0.634. The van der Waals surface area contributed by atoms with Crippen LogP contribution in [-0.2, 0) is 0 Å². The van der Waals surface area contributed by atoms with E-state index in [0.717, 1.165) is 83.8 Å². The Kier molecular flexibility index (Phi) is 7.84. The second kappa shape index (κ2) is 13.2. The number of hydrogen-bond acceptors (Lipinski definition) is 3. The summed E-state index contributed by atoms with van der Waals surface area (Å²) in [5.74, 6) is 2.25. The zero-order valence-corrected chi connectivity index (χ0v) is 27.8. The molecule has 240 valence electrons. The Balaban J connectivity index is 1.34. The number of furan rings is 1. The van der Waals surface area contributed by atoms with Crippen LogP contribution in [0.4, 0.5) is 0 Å². The Bertz CT molecular complexity index is 2550. The van der Waals surface area contributed by atoms with Crippen molar-refractivity contribution in [2.75, 3.05) is 0 Å². The normalized spacial score (nSPS) is 11.1. The van der Waals surface area contributed by atoms with Gasteiger partial charge in [-0.05, 0) is 28.3 Å². The second-order valence-corrected chi connectivity index (χ2v) is 12.5. The highest BCUT2D eigenvalue weighted by Crippen LogP contribution is 2.48. The molecule has 0 amide bonds. The number of aromatic nitrogens is 2. The lowest BCUT2D eigenvalue weighted by Crippen LogP contribution is -1.98. The first kappa shape index (κ1) is 30.2. The summed E-state index contributed by atoms with van der Waals surface area (Å²) in [6, 6.07) is 67.0. The summed E-state index contributed by atoms with van der Waals surface area (Å²) in [4.78, 5) is 10.5. The fraction of sp³-hybridized carbons (Fsp3) is 0. The molecule has 2 heterocycles. The van der Waals surface area contributed by atoms with Gasteiger partial charge in [-0.1, -0.05) is 188 Å². The molecule has 0 aliphatic heterocycles. The monoisotopic (exact) mass is 652 g/mol. The molecule has 51 heavy (non-hydrogen) atoms. The predicted octanol–water partition coefficient (Wildman–Crippen LogP) is 12.9. The molecular formula is C48H32N2O. The van der Waals surface area contributed by atoms with E-state index in [0.29, 0.717) is 5.82 Å².